The molecule has 0 fully saturated rings. The van der Waals surface area contributed by atoms with E-state index in [0.717, 1.165) is 7.14 Å². The average molecular weight is 415 g/mol. The lowest BCUT2D eigenvalue weighted by atomic mass is 10.2. The maximum Gasteiger partial charge on any atom is 0.259 e. The number of hydrogen-bond donors (Lipinski definition) is 3. The normalized spacial score (nSPS) is 9.57. The standard InChI is InChI=1S/C8H7I2N3O/c9-5-3-1-2-4(6(5)10)7(14)13-8(11)12/h1-3H,(H4,11,12,13,14). The summed E-state index contributed by atoms with van der Waals surface area (Å²) in [6.07, 6.45) is 0. The summed E-state index contributed by atoms with van der Waals surface area (Å²) in [6, 6.07) is 5.40. The van der Waals surface area contributed by atoms with Gasteiger partial charge in [-0.2, -0.15) is 0 Å². The van der Waals surface area contributed by atoms with Gasteiger partial charge in [0.1, 0.15) is 0 Å². The molecule has 1 rings (SSSR count). The SMILES string of the molecule is N=C(N)NC(=O)c1cccc(I)c1I. The molecule has 0 aliphatic rings. The van der Waals surface area contributed by atoms with Crippen LogP contribution in [0.2, 0.25) is 0 Å². The first kappa shape index (κ1) is 11.7. The molecule has 4 nitrogen and oxygen atoms in total. The molecule has 0 saturated carbocycles. The molecule has 0 aliphatic carbocycles. The van der Waals surface area contributed by atoms with Gasteiger partial charge in [-0.25, -0.2) is 0 Å². The fourth-order valence-corrected chi connectivity index (χ4v) is 1.97. The van der Waals surface area contributed by atoms with Crippen LogP contribution < -0.4 is 11.1 Å². The number of benzene rings is 1. The van der Waals surface area contributed by atoms with E-state index in [1.165, 1.54) is 0 Å². The van der Waals surface area contributed by atoms with E-state index < -0.39 is 0 Å². The van der Waals surface area contributed by atoms with Gasteiger partial charge in [-0.1, -0.05) is 6.07 Å². The lowest BCUT2D eigenvalue weighted by Gasteiger charge is -2.05. The number of carbonyl (C=O) groups is 1. The monoisotopic (exact) mass is 415 g/mol. The second kappa shape index (κ2) is 4.91. The second-order valence-electron chi connectivity index (χ2n) is 2.47. The summed E-state index contributed by atoms with van der Waals surface area (Å²) in [6.45, 7) is 0. The van der Waals surface area contributed by atoms with Crippen molar-refractivity contribution in [3.05, 3.63) is 30.9 Å². The number of guanidine groups is 1. The molecule has 0 spiro atoms. The molecule has 4 N–H and O–H groups in total. The molecule has 1 amide bonds. The van der Waals surface area contributed by atoms with Gasteiger partial charge in [-0.15, -0.1) is 0 Å². The number of rotatable bonds is 1. The van der Waals surface area contributed by atoms with Gasteiger partial charge in [0.15, 0.2) is 5.96 Å². The van der Waals surface area contributed by atoms with Crippen molar-refractivity contribution in [3.8, 4) is 0 Å². The first-order valence-corrected chi connectivity index (χ1v) is 5.77. The lowest BCUT2D eigenvalue weighted by Crippen LogP contribution is -2.36. The van der Waals surface area contributed by atoms with E-state index in [1.54, 1.807) is 12.1 Å². The van der Waals surface area contributed by atoms with Crippen LogP contribution in [0.1, 0.15) is 10.4 Å². The van der Waals surface area contributed by atoms with Gasteiger partial charge in [-0.05, 0) is 57.3 Å². The largest absolute Gasteiger partial charge is 0.370 e. The highest BCUT2D eigenvalue weighted by molar-refractivity contribution is 14.1. The Morgan fingerprint density at radius 1 is 1.43 bits per heavy atom. The number of halogens is 2. The first-order valence-electron chi connectivity index (χ1n) is 3.61. The second-order valence-corrected chi connectivity index (χ2v) is 4.71. The fraction of sp³-hybridized carbons (Fsp3) is 0. The van der Waals surface area contributed by atoms with E-state index in [2.05, 4.69) is 50.5 Å². The van der Waals surface area contributed by atoms with Crippen molar-refractivity contribution in [2.45, 2.75) is 0 Å². The number of amides is 1. The topological polar surface area (TPSA) is 79.0 Å². The van der Waals surface area contributed by atoms with Gasteiger partial charge < -0.3 is 5.73 Å². The molecule has 0 atom stereocenters. The molecule has 0 unspecified atom stereocenters. The number of nitrogens with one attached hydrogen (secondary N) is 2. The van der Waals surface area contributed by atoms with Gasteiger partial charge in [0, 0.05) is 7.14 Å². The number of carbonyl (C=O) groups excluding carboxylic acids is 1. The zero-order valence-electron chi connectivity index (χ0n) is 6.97. The van der Waals surface area contributed by atoms with E-state index in [0.29, 0.717) is 5.56 Å². The molecule has 1 aromatic carbocycles. The van der Waals surface area contributed by atoms with E-state index in [-0.39, 0.29) is 11.9 Å². The van der Waals surface area contributed by atoms with Gasteiger partial charge in [0.05, 0.1) is 5.56 Å². The van der Waals surface area contributed by atoms with Crippen LogP contribution in [0.3, 0.4) is 0 Å². The van der Waals surface area contributed by atoms with Crippen molar-refractivity contribution >= 4 is 57.0 Å². The highest BCUT2D eigenvalue weighted by atomic mass is 127. The van der Waals surface area contributed by atoms with Crippen molar-refractivity contribution in [2.24, 2.45) is 5.73 Å². The van der Waals surface area contributed by atoms with Crippen molar-refractivity contribution in [3.63, 3.8) is 0 Å². The predicted octanol–water partition coefficient (Wildman–Crippen LogP) is 1.52. The zero-order valence-corrected chi connectivity index (χ0v) is 11.3. The van der Waals surface area contributed by atoms with Crippen LogP contribution in [0.4, 0.5) is 0 Å². The molecule has 6 heteroatoms. The van der Waals surface area contributed by atoms with Crippen molar-refractivity contribution in [1.29, 1.82) is 5.41 Å². The minimum atomic E-state index is -0.347. The maximum atomic E-state index is 11.5. The smallest absolute Gasteiger partial charge is 0.259 e. The van der Waals surface area contributed by atoms with Gasteiger partial charge in [0.2, 0.25) is 0 Å². The highest BCUT2D eigenvalue weighted by Gasteiger charge is 2.11. The third-order valence-corrected chi connectivity index (χ3v) is 4.54. The maximum absolute atomic E-state index is 11.5. The summed E-state index contributed by atoms with van der Waals surface area (Å²) < 4.78 is 1.86. The number of nitrogens with two attached hydrogens (primary N) is 1. The third kappa shape index (κ3) is 2.80. The molecule has 0 aromatic heterocycles. The van der Waals surface area contributed by atoms with Gasteiger partial charge in [0.25, 0.3) is 5.91 Å². The molecule has 74 valence electrons. The Morgan fingerprint density at radius 3 is 2.64 bits per heavy atom. The molecular formula is C8H7I2N3O. The van der Waals surface area contributed by atoms with Crippen molar-refractivity contribution in [1.82, 2.24) is 5.32 Å². The Balaban J connectivity index is 3.01. The molecule has 0 heterocycles. The molecule has 0 radical (unpaired) electrons. The fourth-order valence-electron chi connectivity index (χ4n) is 0.869. The molecule has 0 bridgehead atoms. The van der Waals surface area contributed by atoms with E-state index in [9.17, 15) is 4.79 Å². The number of hydrogen-bond acceptors (Lipinski definition) is 2. The summed E-state index contributed by atoms with van der Waals surface area (Å²) in [4.78, 5) is 11.5. The molecule has 0 aliphatic heterocycles. The Morgan fingerprint density at radius 2 is 2.07 bits per heavy atom. The first-order chi connectivity index (χ1) is 6.52. The minimum Gasteiger partial charge on any atom is -0.370 e. The van der Waals surface area contributed by atoms with Gasteiger partial charge in [-0.3, -0.25) is 15.5 Å². The van der Waals surface area contributed by atoms with Crippen LogP contribution in [0, 0.1) is 12.5 Å². The predicted molar refractivity (Wildman–Crippen MR) is 71.3 cm³/mol. The van der Waals surface area contributed by atoms with Crippen LogP contribution in [0.25, 0.3) is 0 Å². The quantitative estimate of drug-likeness (QED) is 0.370. The Bertz CT molecular complexity index is 392. The summed E-state index contributed by atoms with van der Waals surface area (Å²) in [5.41, 5.74) is 5.60. The third-order valence-electron chi connectivity index (χ3n) is 1.44. The van der Waals surface area contributed by atoms with E-state index >= 15 is 0 Å². The van der Waals surface area contributed by atoms with E-state index in [1.807, 2.05) is 6.07 Å². The molecular weight excluding hydrogens is 408 g/mol. The van der Waals surface area contributed by atoms with Crippen molar-refractivity contribution in [2.75, 3.05) is 0 Å². The Kier molecular flexibility index (Phi) is 4.11. The molecule has 14 heavy (non-hydrogen) atoms. The van der Waals surface area contributed by atoms with Crippen molar-refractivity contribution < 1.29 is 4.79 Å². The summed E-state index contributed by atoms with van der Waals surface area (Å²) in [5, 5.41) is 9.18. The minimum absolute atomic E-state index is 0.343. The lowest BCUT2D eigenvalue weighted by molar-refractivity contribution is 0.0975. The summed E-state index contributed by atoms with van der Waals surface area (Å²) in [7, 11) is 0. The van der Waals surface area contributed by atoms with Crippen LogP contribution >= 0.6 is 45.2 Å². The Hall–Kier alpha value is -0.380. The molecule has 1 aromatic rings. The van der Waals surface area contributed by atoms with Crippen LogP contribution in [-0.2, 0) is 0 Å². The molecule has 0 saturated heterocycles. The van der Waals surface area contributed by atoms with Gasteiger partial charge >= 0.3 is 0 Å². The summed E-state index contributed by atoms with van der Waals surface area (Å²) >= 11 is 4.23. The zero-order chi connectivity index (χ0) is 10.7. The van der Waals surface area contributed by atoms with E-state index in [4.69, 9.17) is 11.1 Å². The van der Waals surface area contributed by atoms with Crippen LogP contribution in [0.15, 0.2) is 18.2 Å². The Labute approximate surface area is 108 Å². The average Bonchev–Trinajstić information content (AvgIpc) is 2.08. The summed E-state index contributed by atoms with van der Waals surface area (Å²) in [5.74, 6) is -0.690. The highest BCUT2D eigenvalue weighted by Crippen LogP contribution is 2.18. The van der Waals surface area contributed by atoms with Crippen LogP contribution in [0.5, 0.6) is 0 Å². The van der Waals surface area contributed by atoms with Crippen LogP contribution in [-0.4, -0.2) is 11.9 Å².